The average Bonchev–Trinajstić information content (AvgIpc) is 3.78. The van der Waals surface area contributed by atoms with E-state index in [9.17, 15) is 17.6 Å². The van der Waals surface area contributed by atoms with Gasteiger partial charge < -0.3 is 9.47 Å². The van der Waals surface area contributed by atoms with Gasteiger partial charge in [-0.05, 0) is 119 Å². The molecule has 0 radical (unpaired) electrons. The molecule has 1 unspecified atom stereocenters. The lowest BCUT2D eigenvalue weighted by molar-refractivity contribution is 0.0598. The number of benzene rings is 3. The number of fused-ring (bicyclic) bond motifs is 3. The van der Waals surface area contributed by atoms with Crippen molar-refractivity contribution < 1.29 is 26.4 Å². The minimum atomic E-state index is -4.25. The Morgan fingerprint density at radius 3 is 2.34 bits per heavy atom. The fraction of sp³-hybridized carbons (Fsp3) is 0.474. The molecule has 4 aliphatic rings. The van der Waals surface area contributed by atoms with Crippen molar-refractivity contribution in [2.24, 2.45) is 0 Å². The van der Waals surface area contributed by atoms with Crippen LogP contribution in [0.4, 0.5) is 13.2 Å². The summed E-state index contributed by atoms with van der Waals surface area (Å²) in [5.74, 6) is -2.64. The zero-order valence-corrected chi connectivity index (χ0v) is 28.9. The normalized spacial score (nSPS) is 23.8. The van der Waals surface area contributed by atoms with Crippen molar-refractivity contribution in [3.05, 3.63) is 95.1 Å². The molecule has 1 amide bonds. The van der Waals surface area contributed by atoms with Gasteiger partial charge in [0.25, 0.3) is 5.91 Å². The number of carbonyl (C=O) groups is 1. The predicted molar refractivity (Wildman–Crippen MR) is 184 cm³/mol. The second-order valence-corrected chi connectivity index (χ2v) is 16.4. The summed E-state index contributed by atoms with van der Waals surface area (Å²) in [5.41, 5.74) is 1.77. The molecule has 1 aliphatic carbocycles. The zero-order chi connectivity index (χ0) is 34.8. The molecule has 0 spiro atoms. The predicted octanol–water partition coefficient (Wildman–Crippen LogP) is 6.63. The summed E-state index contributed by atoms with van der Waals surface area (Å²) < 4.78 is 75.7. The largest absolute Gasteiger partial charge is 0.338 e. The van der Waals surface area contributed by atoms with Gasteiger partial charge in [-0.15, -0.1) is 0 Å². The summed E-state index contributed by atoms with van der Waals surface area (Å²) in [5, 5.41) is 0. The van der Waals surface area contributed by atoms with Gasteiger partial charge in [0, 0.05) is 37.3 Å². The first-order chi connectivity index (χ1) is 24.0. The van der Waals surface area contributed by atoms with Gasteiger partial charge in [0.1, 0.15) is 27.9 Å². The number of nitrogens with zero attached hydrogens (tertiary/aromatic N) is 4. The number of amides is 1. The number of hydrogen-bond acceptors (Lipinski definition) is 5. The van der Waals surface area contributed by atoms with E-state index in [4.69, 9.17) is 4.98 Å². The fourth-order valence-electron chi connectivity index (χ4n) is 9.01. The van der Waals surface area contributed by atoms with Crippen molar-refractivity contribution >= 4 is 27.0 Å². The highest BCUT2D eigenvalue weighted by molar-refractivity contribution is 7.89. The minimum absolute atomic E-state index is 0.202. The van der Waals surface area contributed by atoms with Crippen molar-refractivity contribution in [1.29, 1.82) is 0 Å². The smallest absolute Gasteiger partial charge is 0.259 e. The van der Waals surface area contributed by atoms with Gasteiger partial charge >= 0.3 is 0 Å². The van der Waals surface area contributed by atoms with Crippen molar-refractivity contribution in [1.82, 2.24) is 24.1 Å². The van der Waals surface area contributed by atoms with Crippen LogP contribution in [0.1, 0.15) is 85.6 Å². The molecule has 4 fully saturated rings. The van der Waals surface area contributed by atoms with Gasteiger partial charge in [0.2, 0.25) is 10.0 Å². The number of hydrogen-bond donors (Lipinski definition) is 1. The van der Waals surface area contributed by atoms with Crippen LogP contribution in [0.5, 0.6) is 0 Å². The summed E-state index contributed by atoms with van der Waals surface area (Å²) in [4.78, 5) is 21.8. The van der Waals surface area contributed by atoms with E-state index in [1.807, 2.05) is 12.1 Å². The van der Waals surface area contributed by atoms with Gasteiger partial charge in [0.05, 0.1) is 11.0 Å². The first kappa shape index (κ1) is 33.4. The summed E-state index contributed by atoms with van der Waals surface area (Å²) in [6, 6.07) is 17.6. The lowest BCUT2D eigenvalue weighted by Crippen LogP contribution is -2.49. The molecule has 1 N–H and O–H groups in total. The van der Waals surface area contributed by atoms with E-state index in [0.717, 1.165) is 67.7 Å². The third-order valence-corrected chi connectivity index (χ3v) is 13.3. The summed E-state index contributed by atoms with van der Waals surface area (Å²) in [6.07, 6.45) is 7.36. The molecule has 3 atom stereocenters. The SMILES string of the molecule is Cc1nc2ccccc2n1C1C[C@H]2CC[C@@H](C1)N2CCC1(c2cccc(F)c2)CCN(C(=O)c2c(F)ccc(S(=O)(=O)NC3CC3)c2F)CC1. The van der Waals surface area contributed by atoms with Crippen molar-refractivity contribution in [2.45, 2.75) is 99.2 Å². The Labute approximate surface area is 290 Å². The van der Waals surface area contributed by atoms with Crippen LogP contribution in [0.25, 0.3) is 11.0 Å². The first-order valence-corrected chi connectivity index (χ1v) is 19.3. The van der Waals surface area contributed by atoms with E-state index < -0.39 is 43.4 Å². The molecule has 3 aromatic carbocycles. The molecule has 264 valence electrons. The topological polar surface area (TPSA) is 87.5 Å². The fourth-order valence-corrected chi connectivity index (χ4v) is 10.4. The molecule has 4 heterocycles. The number of nitrogens with one attached hydrogen (secondary N) is 1. The number of sulfonamides is 1. The summed E-state index contributed by atoms with van der Waals surface area (Å²) in [7, 11) is -4.25. The second kappa shape index (κ2) is 12.8. The lowest BCUT2D eigenvalue weighted by Gasteiger charge is -2.45. The number of aryl methyl sites for hydroxylation is 1. The number of likely N-dealkylation sites (tertiary alicyclic amines) is 1. The molecule has 50 heavy (non-hydrogen) atoms. The molecule has 1 aromatic heterocycles. The highest BCUT2D eigenvalue weighted by atomic mass is 32.2. The number of piperidine rings is 2. The summed E-state index contributed by atoms with van der Waals surface area (Å²) in [6.45, 7) is 3.32. The Bertz CT molecular complexity index is 2040. The van der Waals surface area contributed by atoms with E-state index in [1.165, 1.54) is 16.5 Å². The molecule has 3 saturated heterocycles. The van der Waals surface area contributed by atoms with E-state index in [1.54, 1.807) is 12.1 Å². The summed E-state index contributed by atoms with van der Waals surface area (Å²) >= 11 is 0. The number of imidazole rings is 1. The molecule has 3 aliphatic heterocycles. The Balaban J connectivity index is 0.997. The molecular formula is C38H42F3N5O3S. The third-order valence-electron chi connectivity index (χ3n) is 11.7. The number of carbonyl (C=O) groups excluding carboxylic acids is 1. The maximum Gasteiger partial charge on any atom is 0.259 e. The van der Waals surface area contributed by atoms with Crippen LogP contribution >= 0.6 is 0 Å². The maximum atomic E-state index is 15.6. The monoisotopic (exact) mass is 705 g/mol. The number of halogens is 3. The van der Waals surface area contributed by atoms with Gasteiger partial charge in [0.15, 0.2) is 5.82 Å². The van der Waals surface area contributed by atoms with E-state index in [0.29, 0.717) is 43.8 Å². The second-order valence-electron chi connectivity index (χ2n) is 14.7. The Kier molecular flexibility index (Phi) is 8.55. The number of para-hydroxylation sites is 2. The van der Waals surface area contributed by atoms with Crippen LogP contribution in [0.2, 0.25) is 0 Å². The Morgan fingerprint density at radius 2 is 1.64 bits per heavy atom. The molecule has 12 heteroatoms. The highest BCUT2D eigenvalue weighted by Gasteiger charge is 2.45. The first-order valence-electron chi connectivity index (χ1n) is 17.8. The molecule has 8 nitrogen and oxygen atoms in total. The minimum Gasteiger partial charge on any atom is -0.338 e. The Hall–Kier alpha value is -3.74. The van der Waals surface area contributed by atoms with E-state index in [2.05, 4.69) is 39.3 Å². The van der Waals surface area contributed by atoms with Crippen LogP contribution < -0.4 is 4.72 Å². The quantitative estimate of drug-likeness (QED) is 0.211. The van der Waals surface area contributed by atoms with Crippen LogP contribution in [0.3, 0.4) is 0 Å². The molecular weight excluding hydrogens is 664 g/mol. The Morgan fingerprint density at radius 1 is 0.920 bits per heavy atom. The molecule has 2 bridgehead atoms. The number of rotatable bonds is 9. The van der Waals surface area contributed by atoms with Crippen molar-refractivity contribution in [3.8, 4) is 0 Å². The lowest BCUT2D eigenvalue weighted by atomic mass is 9.70. The van der Waals surface area contributed by atoms with Gasteiger partial charge in [-0.3, -0.25) is 9.69 Å². The van der Waals surface area contributed by atoms with Crippen LogP contribution in [0.15, 0.2) is 65.6 Å². The molecule has 8 rings (SSSR count). The van der Waals surface area contributed by atoms with Crippen molar-refractivity contribution in [3.63, 3.8) is 0 Å². The molecule has 4 aromatic rings. The van der Waals surface area contributed by atoms with Crippen LogP contribution in [0, 0.1) is 24.4 Å². The highest BCUT2D eigenvalue weighted by Crippen LogP contribution is 2.45. The number of aromatic nitrogens is 2. The van der Waals surface area contributed by atoms with Crippen LogP contribution in [-0.4, -0.2) is 71.4 Å². The van der Waals surface area contributed by atoms with E-state index >= 15 is 8.78 Å². The average molecular weight is 706 g/mol. The zero-order valence-electron chi connectivity index (χ0n) is 28.1. The third kappa shape index (κ3) is 6.02. The van der Waals surface area contributed by atoms with Crippen LogP contribution in [-0.2, 0) is 15.4 Å². The maximum absolute atomic E-state index is 15.6. The van der Waals surface area contributed by atoms with Gasteiger partial charge in [-0.2, -0.15) is 0 Å². The van der Waals surface area contributed by atoms with Gasteiger partial charge in [-0.1, -0.05) is 24.3 Å². The molecule has 1 saturated carbocycles. The van der Waals surface area contributed by atoms with Crippen molar-refractivity contribution in [2.75, 3.05) is 19.6 Å². The van der Waals surface area contributed by atoms with E-state index in [-0.39, 0.29) is 24.9 Å². The standard InChI is InChI=1S/C38H42F3N5O3S/c1-24-42-32-7-2-3-8-33(32)46(24)30-22-28-11-12-29(23-30)45(28)20-17-38(25-5-4-6-26(39)21-25)15-18-44(19-16-38)37(47)35-31(40)13-14-34(36(35)41)50(48,49)43-27-9-10-27/h2-8,13-14,21,27-30,43H,9-12,15-20,22-23H2,1H3/t28-,29+,30?. The van der Waals surface area contributed by atoms with Gasteiger partial charge in [-0.25, -0.2) is 31.3 Å².